The van der Waals surface area contributed by atoms with Crippen LogP contribution in [0.2, 0.25) is 0 Å². The van der Waals surface area contributed by atoms with Crippen molar-refractivity contribution < 1.29 is 24.2 Å². The number of rotatable bonds is 4. The van der Waals surface area contributed by atoms with Crippen molar-refractivity contribution in [2.45, 2.75) is 58.5 Å². The summed E-state index contributed by atoms with van der Waals surface area (Å²) >= 11 is 0. The number of carbonyl (C=O) groups is 2. The second-order valence-corrected chi connectivity index (χ2v) is 6.70. The van der Waals surface area contributed by atoms with Crippen molar-refractivity contribution in [3.8, 4) is 0 Å². The lowest BCUT2D eigenvalue weighted by atomic mass is 10.0. The molecule has 6 heteroatoms. The Morgan fingerprint density at radius 2 is 1.70 bits per heavy atom. The molecule has 0 radical (unpaired) electrons. The molecule has 2 aliphatic heterocycles. The van der Waals surface area contributed by atoms with Gasteiger partial charge in [-0.1, -0.05) is 11.1 Å². The van der Waals surface area contributed by atoms with Gasteiger partial charge in [-0.3, -0.25) is 4.90 Å². The van der Waals surface area contributed by atoms with Gasteiger partial charge in [0.1, 0.15) is 12.1 Å². The Balaban J connectivity index is 2.10. The molecule has 2 heterocycles. The Bertz CT molecular complexity index is 545. The van der Waals surface area contributed by atoms with Gasteiger partial charge in [0.15, 0.2) is 0 Å². The fourth-order valence-electron chi connectivity index (χ4n) is 3.20. The SMILES string of the molecule is CC(C)=CC(=O)O[C@@H]1CCN2CC[C@](O)(OC(=O)C=C(C)C)[C@H]12. The van der Waals surface area contributed by atoms with E-state index >= 15 is 0 Å². The molecule has 3 atom stereocenters. The third-order valence-electron chi connectivity index (χ3n) is 4.02. The highest BCUT2D eigenvalue weighted by molar-refractivity contribution is 5.83. The monoisotopic (exact) mass is 323 g/mol. The summed E-state index contributed by atoms with van der Waals surface area (Å²) in [7, 11) is 0. The molecule has 0 amide bonds. The van der Waals surface area contributed by atoms with Gasteiger partial charge in [0, 0.05) is 31.7 Å². The van der Waals surface area contributed by atoms with Gasteiger partial charge in [-0.15, -0.1) is 0 Å². The number of esters is 2. The van der Waals surface area contributed by atoms with Gasteiger partial charge >= 0.3 is 11.9 Å². The Kier molecular flexibility index (Phi) is 5.26. The van der Waals surface area contributed by atoms with E-state index in [1.807, 2.05) is 18.7 Å². The average Bonchev–Trinajstić information content (AvgIpc) is 2.90. The molecule has 0 aromatic carbocycles. The number of nitrogens with zero attached hydrogens (tertiary/aromatic N) is 1. The largest absolute Gasteiger partial charge is 0.457 e. The first kappa shape index (κ1) is 17.7. The standard InChI is InChI=1S/C17H25NO5/c1-11(2)9-14(19)22-13-5-7-18-8-6-17(21,16(13)18)23-15(20)10-12(3)4/h9-10,13,16,21H,5-8H2,1-4H3/t13-,16+,17+/m1/s1. The molecule has 0 spiro atoms. The highest BCUT2D eigenvalue weighted by atomic mass is 16.7. The normalized spacial score (nSPS) is 29.6. The van der Waals surface area contributed by atoms with Crippen LogP contribution in [0.4, 0.5) is 0 Å². The minimum Gasteiger partial charge on any atom is -0.457 e. The van der Waals surface area contributed by atoms with Crippen molar-refractivity contribution in [3.05, 3.63) is 23.3 Å². The van der Waals surface area contributed by atoms with Crippen LogP contribution < -0.4 is 0 Å². The minimum atomic E-state index is -1.62. The van der Waals surface area contributed by atoms with Crippen LogP contribution in [-0.4, -0.2) is 53.0 Å². The molecule has 2 saturated heterocycles. The smallest absolute Gasteiger partial charge is 0.333 e. The van der Waals surface area contributed by atoms with Crippen molar-refractivity contribution in [3.63, 3.8) is 0 Å². The zero-order valence-electron chi connectivity index (χ0n) is 14.2. The van der Waals surface area contributed by atoms with Gasteiger partial charge in [0.05, 0.1) is 0 Å². The number of ether oxygens (including phenoxy) is 2. The summed E-state index contributed by atoms with van der Waals surface area (Å²) in [6, 6.07) is -0.508. The summed E-state index contributed by atoms with van der Waals surface area (Å²) in [6.07, 6.45) is 3.22. The lowest BCUT2D eigenvalue weighted by Crippen LogP contribution is -2.51. The molecule has 0 saturated carbocycles. The molecule has 0 aromatic heterocycles. The van der Waals surface area contributed by atoms with E-state index in [1.54, 1.807) is 13.8 Å². The van der Waals surface area contributed by atoms with Crippen LogP contribution in [0, 0.1) is 0 Å². The number of aliphatic hydroxyl groups is 1. The van der Waals surface area contributed by atoms with Gasteiger partial charge in [-0.05, 0) is 34.1 Å². The van der Waals surface area contributed by atoms with Gasteiger partial charge in [-0.2, -0.15) is 0 Å². The summed E-state index contributed by atoms with van der Waals surface area (Å²) in [6.45, 7) is 8.52. The number of hydrogen-bond acceptors (Lipinski definition) is 6. The minimum absolute atomic E-state index is 0.316. The molecule has 0 unspecified atom stereocenters. The van der Waals surface area contributed by atoms with E-state index in [0.29, 0.717) is 25.9 Å². The summed E-state index contributed by atoms with van der Waals surface area (Å²) in [5, 5.41) is 10.8. The maximum absolute atomic E-state index is 11.9. The topological polar surface area (TPSA) is 76.1 Å². The molecule has 0 aromatic rings. The quantitative estimate of drug-likeness (QED) is 0.480. The van der Waals surface area contributed by atoms with Crippen LogP contribution in [0.25, 0.3) is 0 Å². The third kappa shape index (κ3) is 4.20. The van der Waals surface area contributed by atoms with Crippen molar-refractivity contribution >= 4 is 11.9 Å². The van der Waals surface area contributed by atoms with Crippen LogP contribution in [0.1, 0.15) is 40.5 Å². The molecular weight excluding hydrogens is 298 g/mol. The summed E-state index contributed by atoms with van der Waals surface area (Å²) in [5.41, 5.74) is 1.65. The second kappa shape index (κ2) is 6.84. The highest BCUT2D eigenvalue weighted by Gasteiger charge is 2.57. The molecule has 0 aliphatic carbocycles. The van der Waals surface area contributed by atoms with Crippen LogP contribution in [-0.2, 0) is 19.1 Å². The average molecular weight is 323 g/mol. The molecule has 128 valence electrons. The Morgan fingerprint density at radius 1 is 1.09 bits per heavy atom. The Labute approximate surface area is 136 Å². The van der Waals surface area contributed by atoms with E-state index in [1.165, 1.54) is 12.2 Å². The Morgan fingerprint density at radius 3 is 2.30 bits per heavy atom. The zero-order chi connectivity index (χ0) is 17.2. The lowest BCUT2D eigenvalue weighted by molar-refractivity contribution is -0.220. The van der Waals surface area contributed by atoms with E-state index in [9.17, 15) is 14.7 Å². The van der Waals surface area contributed by atoms with Crippen LogP contribution in [0.15, 0.2) is 23.3 Å². The lowest BCUT2D eigenvalue weighted by Gasteiger charge is -2.32. The molecule has 2 fully saturated rings. The summed E-state index contributed by atoms with van der Waals surface area (Å²) in [5.74, 6) is -2.62. The number of allylic oxidation sites excluding steroid dienone is 2. The van der Waals surface area contributed by atoms with Crippen molar-refractivity contribution in [2.24, 2.45) is 0 Å². The van der Waals surface area contributed by atoms with Crippen molar-refractivity contribution in [2.75, 3.05) is 13.1 Å². The molecule has 6 nitrogen and oxygen atoms in total. The van der Waals surface area contributed by atoms with Gasteiger partial charge in [0.25, 0.3) is 0 Å². The maximum Gasteiger partial charge on any atom is 0.333 e. The maximum atomic E-state index is 11.9. The number of fused-ring (bicyclic) bond motifs is 1. The number of carbonyl (C=O) groups excluding carboxylic acids is 2. The van der Waals surface area contributed by atoms with Crippen molar-refractivity contribution in [1.82, 2.24) is 4.90 Å². The van der Waals surface area contributed by atoms with E-state index < -0.39 is 29.9 Å². The van der Waals surface area contributed by atoms with E-state index in [2.05, 4.69) is 0 Å². The highest BCUT2D eigenvalue weighted by Crippen LogP contribution is 2.38. The first-order valence-corrected chi connectivity index (χ1v) is 7.91. The number of hydrogen-bond donors (Lipinski definition) is 1. The molecule has 23 heavy (non-hydrogen) atoms. The van der Waals surface area contributed by atoms with Crippen LogP contribution in [0.5, 0.6) is 0 Å². The fraction of sp³-hybridized carbons (Fsp3) is 0.647. The van der Waals surface area contributed by atoms with Gasteiger partial charge < -0.3 is 14.6 Å². The van der Waals surface area contributed by atoms with Crippen molar-refractivity contribution in [1.29, 1.82) is 0 Å². The predicted octanol–water partition coefficient (Wildman–Crippen LogP) is 1.54. The van der Waals surface area contributed by atoms with E-state index in [0.717, 1.165) is 11.1 Å². The Hall–Kier alpha value is -1.66. The predicted molar refractivity (Wildman–Crippen MR) is 84.4 cm³/mol. The van der Waals surface area contributed by atoms with Crippen LogP contribution in [0.3, 0.4) is 0 Å². The molecule has 2 rings (SSSR count). The van der Waals surface area contributed by atoms with Crippen LogP contribution >= 0.6 is 0 Å². The summed E-state index contributed by atoms with van der Waals surface area (Å²) in [4.78, 5) is 25.8. The fourth-order valence-corrected chi connectivity index (χ4v) is 3.20. The summed E-state index contributed by atoms with van der Waals surface area (Å²) < 4.78 is 10.8. The van der Waals surface area contributed by atoms with Gasteiger partial charge in [0.2, 0.25) is 5.79 Å². The zero-order valence-corrected chi connectivity index (χ0v) is 14.2. The molecular formula is C17H25NO5. The van der Waals surface area contributed by atoms with Gasteiger partial charge in [-0.25, -0.2) is 9.59 Å². The second-order valence-electron chi connectivity index (χ2n) is 6.70. The first-order chi connectivity index (χ1) is 10.7. The first-order valence-electron chi connectivity index (χ1n) is 7.91. The third-order valence-corrected chi connectivity index (χ3v) is 4.02. The van der Waals surface area contributed by atoms with E-state index in [-0.39, 0.29) is 0 Å². The molecule has 1 N–H and O–H groups in total. The molecule has 0 bridgehead atoms. The van der Waals surface area contributed by atoms with E-state index in [4.69, 9.17) is 9.47 Å². The molecule has 2 aliphatic rings.